The van der Waals surface area contributed by atoms with Crippen molar-refractivity contribution in [2.24, 2.45) is 0 Å². The summed E-state index contributed by atoms with van der Waals surface area (Å²) in [5, 5.41) is 2.99. The van der Waals surface area contributed by atoms with Gasteiger partial charge in [0.25, 0.3) is 0 Å². The van der Waals surface area contributed by atoms with E-state index in [1.54, 1.807) is 4.90 Å². The van der Waals surface area contributed by atoms with Crippen molar-refractivity contribution >= 4 is 17.4 Å². The highest BCUT2D eigenvalue weighted by Gasteiger charge is 2.14. The van der Waals surface area contributed by atoms with Crippen LogP contribution in [0.2, 0.25) is 0 Å². The highest BCUT2D eigenvalue weighted by Crippen LogP contribution is 2.20. The smallest absolute Gasteiger partial charge is 0.307 e. The van der Waals surface area contributed by atoms with Crippen molar-refractivity contribution in [3.63, 3.8) is 0 Å². The Morgan fingerprint density at radius 1 is 1.05 bits per heavy atom. The van der Waals surface area contributed by atoms with Crippen molar-refractivity contribution in [2.75, 3.05) is 16.8 Å². The number of hydrogen-bond acceptors (Lipinski definition) is 1. The summed E-state index contributed by atoms with van der Waals surface area (Å²) >= 11 is 0. The predicted octanol–water partition coefficient (Wildman–Crippen LogP) is 4.36. The largest absolute Gasteiger partial charge is 0.326 e. The molecule has 0 fully saturated rings. The molecule has 0 atom stereocenters. The summed E-state index contributed by atoms with van der Waals surface area (Å²) in [6.07, 6.45) is 0. The molecule has 2 aromatic rings. The van der Waals surface area contributed by atoms with Crippen LogP contribution < -0.4 is 10.2 Å². The van der Waals surface area contributed by atoms with Crippen LogP contribution in [0.5, 0.6) is 0 Å². The molecule has 3 nitrogen and oxygen atoms in total. The van der Waals surface area contributed by atoms with Gasteiger partial charge in [0.1, 0.15) is 0 Å². The lowest BCUT2D eigenvalue weighted by Crippen LogP contribution is -2.34. The number of amides is 2. The van der Waals surface area contributed by atoms with E-state index in [4.69, 9.17) is 0 Å². The zero-order chi connectivity index (χ0) is 14.5. The molecule has 0 aliphatic rings. The van der Waals surface area contributed by atoms with E-state index in [2.05, 4.69) is 5.32 Å². The highest BCUT2D eigenvalue weighted by molar-refractivity contribution is 6.02. The first-order valence-electron chi connectivity index (χ1n) is 6.83. The molecule has 0 saturated heterocycles. The number of urea groups is 1. The molecule has 0 aliphatic carbocycles. The van der Waals surface area contributed by atoms with E-state index in [0.29, 0.717) is 6.54 Å². The van der Waals surface area contributed by atoms with Gasteiger partial charge in [-0.15, -0.1) is 0 Å². The lowest BCUT2D eigenvalue weighted by atomic mass is 10.1. The second-order valence-corrected chi connectivity index (χ2v) is 4.76. The van der Waals surface area contributed by atoms with Crippen molar-refractivity contribution in [1.29, 1.82) is 0 Å². The molecule has 1 N–H and O–H groups in total. The van der Waals surface area contributed by atoms with Gasteiger partial charge in [-0.05, 0) is 50.1 Å². The number of rotatable bonds is 3. The molecule has 0 spiro atoms. The summed E-state index contributed by atoms with van der Waals surface area (Å²) in [7, 11) is 0. The van der Waals surface area contributed by atoms with Gasteiger partial charge in [0, 0.05) is 17.9 Å². The van der Waals surface area contributed by atoms with Crippen molar-refractivity contribution in [1.82, 2.24) is 0 Å². The van der Waals surface area contributed by atoms with Gasteiger partial charge in [0.05, 0.1) is 0 Å². The lowest BCUT2D eigenvalue weighted by molar-refractivity contribution is 0.257. The minimum atomic E-state index is -0.104. The molecule has 2 amide bonds. The summed E-state index contributed by atoms with van der Waals surface area (Å²) in [4.78, 5) is 14.1. The third-order valence-electron chi connectivity index (χ3n) is 3.48. The number of benzene rings is 2. The molecule has 20 heavy (non-hydrogen) atoms. The molecule has 104 valence electrons. The molecule has 0 aromatic heterocycles. The fraction of sp³-hybridized carbons (Fsp3) is 0.235. The number of carbonyl (C=O) groups excluding carboxylic acids is 1. The second-order valence-electron chi connectivity index (χ2n) is 4.76. The first kappa shape index (κ1) is 14.1. The lowest BCUT2D eigenvalue weighted by Gasteiger charge is -2.22. The number of nitrogens with one attached hydrogen (secondary N) is 1. The van der Waals surface area contributed by atoms with E-state index < -0.39 is 0 Å². The Hall–Kier alpha value is -2.29. The number of anilines is 2. The van der Waals surface area contributed by atoms with E-state index in [-0.39, 0.29) is 6.03 Å². The molecular formula is C17H20N2O. The Labute approximate surface area is 120 Å². The first-order chi connectivity index (χ1) is 9.63. The topological polar surface area (TPSA) is 32.3 Å². The van der Waals surface area contributed by atoms with Gasteiger partial charge in [-0.25, -0.2) is 4.79 Å². The van der Waals surface area contributed by atoms with Crippen LogP contribution in [0.4, 0.5) is 16.2 Å². The molecule has 0 bridgehead atoms. The van der Waals surface area contributed by atoms with Crippen molar-refractivity contribution in [2.45, 2.75) is 20.8 Å². The average molecular weight is 268 g/mol. The third kappa shape index (κ3) is 2.99. The quantitative estimate of drug-likeness (QED) is 0.881. The van der Waals surface area contributed by atoms with Crippen molar-refractivity contribution in [3.8, 4) is 0 Å². The molecule has 3 heteroatoms. The summed E-state index contributed by atoms with van der Waals surface area (Å²) < 4.78 is 0. The van der Waals surface area contributed by atoms with Gasteiger partial charge in [-0.3, -0.25) is 4.90 Å². The molecule has 0 heterocycles. The summed E-state index contributed by atoms with van der Waals surface area (Å²) in [6, 6.07) is 15.5. The van der Waals surface area contributed by atoms with Gasteiger partial charge < -0.3 is 5.32 Å². The number of aryl methyl sites for hydroxylation is 1. The zero-order valence-electron chi connectivity index (χ0n) is 12.2. The van der Waals surface area contributed by atoms with Gasteiger partial charge in [0.2, 0.25) is 0 Å². The van der Waals surface area contributed by atoms with Crippen LogP contribution in [0.25, 0.3) is 0 Å². The standard InChI is InChI=1S/C17H20N2O/c1-4-19(15-10-6-5-7-11-15)17(20)18-16-12-8-9-13(2)14(16)3/h5-12H,4H2,1-3H3,(H,18,20). The van der Waals surface area contributed by atoms with E-state index in [0.717, 1.165) is 16.9 Å². The Morgan fingerprint density at radius 2 is 1.75 bits per heavy atom. The summed E-state index contributed by atoms with van der Waals surface area (Å²) in [5.41, 5.74) is 4.04. The maximum absolute atomic E-state index is 12.4. The molecule has 0 saturated carbocycles. The molecule has 2 aromatic carbocycles. The number of nitrogens with zero attached hydrogens (tertiary/aromatic N) is 1. The van der Waals surface area contributed by atoms with E-state index in [1.165, 1.54) is 5.56 Å². The highest BCUT2D eigenvalue weighted by atomic mass is 16.2. The zero-order valence-corrected chi connectivity index (χ0v) is 12.2. The summed E-state index contributed by atoms with van der Waals surface area (Å²) in [5.74, 6) is 0. The van der Waals surface area contributed by atoms with Gasteiger partial charge >= 0.3 is 6.03 Å². The van der Waals surface area contributed by atoms with E-state index in [9.17, 15) is 4.79 Å². The van der Waals surface area contributed by atoms with Gasteiger partial charge in [-0.2, -0.15) is 0 Å². The molecule has 2 rings (SSSR count). The van der Waals surface area contributed by atoms with Crippen LogP contribution in [-0.4, -0.2) is 12.6 Å². The Morgan fingerprint density at radius 3 is 2.40 bits per heavy atom. The second kappa shape index (κ2) is 6.24. The van der Waals surface area contributed by atoms with E-state index in [1.807, 2.05) is 69.3 Å². The van der Waals surface area contributed by atoms with Crippen molar-refractivity contribution in [3.05, 3.63) is 59.7 Å². The minimum Gasteiger partial charge on any atom is -0.307 e. The van der Waals surface area contributed by atoms with Crippen LogP contribution in [0, 0.1) is 13.8 Å². The van der Waals surface area contributed by atoms with Crippen LogP contribution in [0.1, 0.15) is 18.1 Å². The van der Waals surface area contributed by atoms with Crippen LogP contribution in [0.15, 0.2) is 48.5 Å². The predicted molar refractivity (Wildman–Crippen MR) is 84.4 cm³/mol. The Bertz CT molecular complexity index is 593. The summed E-state index contributed by atoms with van der Waals surface area (Å²) in [6.45, 7) is 6.65. The molecule has 0 radical (unpaired) electrons. The van der Waals surface area contributed by atoms with Gasteiger partial charge in [0.15, 0.2) is 0 Å². The van der Waals surface area contributed by atoms with Crippen LogP contribution in [0.3, 0.4) is 0 Å². The number of para-hydroxylation sites is 1. The maximum Gasteiger partial charge on any atom is 0.326 e. The van der Waals surface area contributed by atoms with Crippen LogP contribution >= 0.6 is 0 Å². The average Bonchev–Trinajstić information content (AvgIpc) is 2.46. The number of carbonyl (C=O) groups is 1. The molecular weight excluding hydrogens is 248 g/mol. The van der Waals surface area contributed by atoms with Crippen molar-refractivity contribution < 1.29 is 4.79 Å². The normalized spacial score (nSPS) is 10.2. The number of hydrogen-bond donors (Lipinski definition) is 1. The molecule has 0 unspecified atom stereocenters. The van der Waals surface area contributed by atoms with E-state index >= 15 is 0 Å². The fourth-order valence-corrected chi connectivity index (χ4v) is 2.12. The fourth-order valence-electron chi connectivity index (χ4n) is 2.12. The maximum atomic E-state index is 12.4. The van der Waals surface area contributed by atoms with Gasteiger partial charge in [-0.1, -0.05) is 30.3 Å². The monoisotopic (exact) mass is 268 g/mol. The Kier molecular flexibility index (Phi) is 4.41. The molecule has 0 aliphatic heterocycles. The van der Waals surface area contributed by atoms with Crippen LogP contribution in [-0.2, 0) is 0 Å². The SMILES string of the molecule is CCN(C(=O)Nc1cccc(C)c1C)c1ccccc1. The first-order valence-corrected chi connectivity index (χ1v) is 6.83. The minimum absolute atomic E-state index is 0.104. The Balaban J connectivity index is 2.20. The third-order valence-corrected chi connectivity index (χ3v) is 3.48.